The fourth-order valence-electron chi connectivity index (χ4n) is 2.36. The van der Waals surface area contributed by atoms with E-state index in [1.807, 2.05) is 0 Å². The molecule has 4 heteroatoms. The van der Waals surface area contributed by atoms with Crippen molar-refractivity contribution in [2.75, 3.05) is 33.0 Å². The molecule has 0 amide bonds. The van der Waals surface area contributed by atoms with Gasteiger partial charge in [0, 0.05) is 18.8 Å². The summed E-state index contributed by atoms with van der Waals surface area (Å²) < 4.78 is 11.1. The molecule has 2 unspecified atom stereocenters. The molecule has 0 spiro atoms. The second-order valence-electron chi connectivity index (χ2n) is 5.42. The summed E-state index contributed by atoms with van der Waals surface area (Å²) >= 11 is 0. The summed E-state index contributed by atoms with van der Waals surface area (Å²) in [6.45, 7) is 7.66. The van der Waals surface area contributed by atoms with Gasteiger partial charge in [0.05, 0.1) is 19.3 Å². The predicted molar refractivity (Wildman–Crippen MR) is 72.8 cm³/mol. The molecule has 4 nitrogen and oxygen atoms in total. The number of nitrogens with one attached hydrogen (secondary N) is 1. The van der Waals surface area contributed by atoms with Crippen molar-refractivity contribution in [2.45, 2.75) is 57.6 Å². The molecule has 1 fully saturated rings. The number of unbranched alkanes of at least 4 members (excludes halogenated alkanes) is 1. The molecule has 0 aliphatic carbocycles. The molecule has 2 N–H and O–H groups in total. The van der Waals surface area contributed by atoms with Crippen LogP contribution in [0, 0.1) is 0 Å². The van der Waals surface area contributed by atoms with E-state index >= 15 is 0 Å². The summed E-state index contributed by atoms with van der Waals surface area (Å²) in [6, 6.07) is 0. The molecule has 0 radical (unpaired) electrons. The minimum absolute atomic E-state index is 0.136. The summed E-state index contributed by atoms with van der Waals surface area (Å²) in [5.74, 6) is 0. The van der Waals surface area contributed by atoms with Crippen LogP contribution in [0.5, 0.6) is 0 Å². The Morgan fingerprint density at radius 1 is 1.44 bits per heavy atom. The molecule has 18 heavy (non-hydrogen) atoms. The average molecular weight is 259 g/mol. The normalized spacial score (nSPS) is 23.2. The summed E-state index contributed by atoms with van der Waals surface area (Å²) in [5.41, 5.74) is -0.136. The number of ether oxygens (including phenoxy) is 2. The maximum Gasteiger partial charge on any atom is 0.0809 e. The molecule has 1 aliphatic heterocycles. The topological polar surface area (TPSA) is 50.7 Å². The van der Waals surface area contributed by atoms with Gasteiger partial charge in [-0.3, -0.25) is 0 Å². The van der Waals surface area contributed by atoms with Gasteiger partial charge in [0.1, 0.15) is 0 Å². The van der Waals surface area contributed by atoms with Crippen LogP contribution in [0.15, 0.2) is 0 Å². The second-order valence-corrected chi connectivity index (χ2v) is 5.42. The van der Waals surface area contributed by atoms with Gasteiger partial charge in [0.25, 0.3) is 0 Å². The van der Waals surface area contributed by atoms with Crippen LogP contribution in [0.1, 0.15) is 46.0 Å². The lowest BCUT2D eigenvalue weighted by Crippen LogP contribution is -2.45. The van der Waals surface area contributed by atoms with Gasteiger partial charge in [-0.2, -0.15) is 0 Å². The monoisotopic (exact) mass is 259 g/mol. The van der Waals surface area contributed by atoms with Crippen molar-refractivity contribution >= 4 is 0 Å². The Labute approximate surface area is 111 Å². The van der Waals surface area contributed by atoms with Gasteiger partial charge < -0.3 is 19.9 Å². The number of aliphatic hydroxyl groups excluding tert-OH is 1. The molecule has 1 aliphatic rings. The van der Waals surface area contributed by atoms with Gasteiger partial charge >= 0.3 is 0 Å². The van der Waals surface area contributed by atoms with Gasteiger partial charge in [-0.15, -0.1) is 0 Å². The first-order valence-corrected chi connectivity index (χ1v) is 7.25. The molecule has 0 aromatic heterocycles. The highest BCUT2D eigenvalue weighted by Gasteiger charge is 2.20. The lowest BCUT2D eigenvalue weighted by Gasteiger charge is -2.28. The van der Waals surface area contributed by atoms with E-state index in [9.17, 15) is 5.11 Å². The van der Waals surface area contributed by atoms with E-state index in [2.05, 4.69) is 19.2 Å². The van der Waals surface area contributed by atoms with Crippen molar-refractivity contribution in [2.24, 2.45) is 0 Å². The van der Waals surface area contributed by atoms with Gasteiger partial charge in [-0.05, 0) is 45.6 Å². The summed E-state index contributed by atoms with van der Waals surface area (Å²) in [7, 11) is 0. The number of rotatable bonds is 10. The third kappa shape index (κ3) is 6.14. The third-order valence-corrected chi connectivity index (χ3v) is 3.55. The quantitative estimate of drug-likeness (QED) is 0.587. The van der Waals surface area contributed by atoms with E-state index in [-0.39, 0.29) is 12.1 Å². The Kier molecular flexibility index (Phi) is 7.82. The molecule has 0 saturated carbocycles. The molecule has 2 atom stereocenters. The maximum atomic E-state index is 9.35. The minimum Gasteiger partial charge on any atom is -0.394 e. The number of aliphatic hydroxyl groups is 1. The number of hydrogen-bond acceptors (Lipinski definition) is 4. The Bertz CT molecular complexity index is 207. The maximum absolute atomic E-state index is 9.35. The first-order valence-electron chi connectivity index (χ1n) is 7.25. The van der Waals surface area contributed by atoms with Crippen LogP contribution in [-0.2, 0) is 9.47 Å². The van der Waals surface area contributed by atoms with Crippen LogP contribution in [0.2, 0.25) is 0 Å². The molecule has 1 saturated heterocycles. The highest BCUT2D eigenvalue weighted by Crippen LogP contribution is 2.14. The minimum atomic E-state index is -0.136. The molecular weight excluding hydrogens is 230 g/mol. The van der Waals surface area contributed by atoms with Crippen molar-refractivity contribution in [3.05, 3.63) is 0 Å². The van der Waals surface area contributed by atoms with E-state index < -0.39 is 0 Å². The van der Waals surface area contributed by atoms with E-state index in [4.69, 9.17) is 9.47 Å². The Morgan fingerprint density at radius 3 is 2.89 bits per heavy atom. The number of likely N-dealkylation sites (N-methyl/N-ethyl adjacent to an activating group) is 1. The zero-order valence-electron chi connectivity index (χ0n) is 11.9. The Balaban J connectivity index is 1.96. The predicted octanol–water partition coefficient (Wildman–Crippen LogP) is 1.71. The van der Waals surface area contributed by atoms with Crippen LogP contribution in [0.4, 0.5) is 0 Å². The van der Waals surface area contributed by atoms with Crippen molar-refractivity contribution < 1.29 is 14.6 Å². The van der Waals surface area contributed by atoms with E-state index in [1.165, 1.54) is 6.42 Å². The lowest BCUT2D eigenvalue weighted by molar-refractivity contribution is 0.0155. The van der Waals surface area contributed by atoms with Gasteiger partial charge in [0.2, 0.25) is 0 Å². The molecule has 1 heterocycles. The van der Waals surface area contributed by atoms with Gasteiger partial charge in [-0.25, -0.2) is 0 Å². The smallest absolute Gasteiger partial charge is 0.0809 e. The molecular formula is C14H29NO3. The molecule has 108 valence electrons. The fourth-order valence-corrected chi connectivity index (χ4v) is 2.36. The van der Waals surface area contributed by atoms with Crippen LogP contribution < -0.4 is 5.32 Å². The Morgan fingerprint density at radius 2 is 2.28 bits per heavy atom. The van der Waals surface area contributed by atoms with Crippen LogP contribution in [0.25, 0.3) is 0 Å². The average Bonchev–Trinajstić information content (AvgIpc) is 2.87. The van der Waals surface area contributed by atoms with E-state index in [1.54, 1.807) is 0 Å². The van der Waals surface area contributed by atoms with Crippen LogP contribution in [-0.4, -0.2) is 49.7 Å². The van der Waals surface area contributed by atoms with Crippen molar-refractivity contribution in [3.63, 3.8) is 0 Å². The van der Waals surface area contributed by atoms with Crippen molar-refractivity contribution in [3.8, 4) is 0 Å². The first-order chi connectivity index (χ1) is 8.70. The van der Waals surface area contributed by atoms with Gasteiger partial charge in [0.15, 0.2) is 0 Å². The SMILES string of the molecule is CCNC(C)(CO)CCCCOCC1CCCO1. The summed E-state index contributed by atoms with van der Waals surface area (Å²) in [5, 5.41) is 12.7. The highest BCUT2D eigenvalue weighted by atomic mass is 16.5. The first kappa shape index (κ1) is 15.9. The van der Waals surface area contributed by atoms with Crippen molar-refractivity contribution in [1.29, 1.82) is 0 Å². The zero-order valence-corrected chi connectivity index (χ0v) is 11.9. The number of hydrogen-bond donors (Lipinski definition) is 2. The summed E-state index contributed by atoms with van der Waals surface area (Å²) in [4.78, 5) is 0. The van der Waals surface area contributed by atoms with E-state index in [0.717, 1.165) is 52.0 Å². The van der Waals surface area contributed by atoms with E-state index in [0.29, 0.717) is 6.10 Å². The van der Waals surface area contributed by atoms with Crippen LogP contribution >= 0.6 is 0 Å². The Hall–Kier alpha value is -0.160. The molecule has 0 bridgehead atoms. The van der Waals surface area contributed by atoms with Gasteiger partial charge in [-0.1, -0.05) is 6.92 Å². The molecule has 1 rings (SSSR count). The second kappa shape index (κ2) is 8.86. The molecule has 0 aromatic rings. The third-order valence-electron chi connectivity index (χ3n) is 3.55. The lowest BCUT2D eigenvalue weighted by atomic mass is 9.96. The standard InChI is InChI=1S/C14H29NO3/c1-3-15-14(2,12-16)8-4-5-9-17-11-13-7-6-10-18-13/h13,15-16H,3-12H2,1-2H3. The summed E-state index contributed by atoms with van der Waals surface area (Å²) in [6.07, 6.45) is 5.76. The van der Waals surface area contributed by atoms with Crippen molar-refractivity contribution in [1.82, 2.24) is 5.32 Å². The molecule has 0 aromatic carbocycles. The zero-order chi connectivity index (χ0) is 13.3. The largest absolute Gasteiger partial charge is 0.394 e. The van der Waals surface area contributed by atoms with Crippen LogP contribution in [0.3, 0.4) is 0 Å². The fraction of sp³-hybridized carbons (Fsp3) is 1.00. The highest BCUT2D eigenvalue weighted by molar-refractivity contribution is 4.81.